The third kappa shape index (κ3) is 5.79. The Morgan fingerprint density at radius 1 is 0.938 bits per heavy atom. The average Bonchev–Trinajstić information content (AvgIpc) is 2.24. The Labute approximate surface area is 97.8 Å². The van der Waals surface area contributed by atoms with Crippen molar-refractivity contribution in [2.45, 2.75) is 64.7 Å². The summed E-state index contributed by atoms with van der Waals surface area (Å²) in [5.74, 6) is 0.382. The fourth-order valence-electron chi connectivity index (χ4n) is 1.75. The van der Waals surface area contributed by atoms with Gasteiger partial charge in [0.05, 0.1) is 0 Å². The van der Waals surface area contributed by atoms with Crippen LogP contribution in [0.5, 0.6) is 0 Å². The largest absolute Gasteiger partial charge is 0.524 e. The second kappa shape index (κ2) is 8.20. The van der Waals surface area contributed by atoms with Crippen molar-refractivity contribution >= 4 is 6.16 Å². The first-order valence-electron chi connectivity index (χ1n) is 6.42. The number of carbonyl (C=O) groups is 1. The highest BCUT2D eigenvalue weighted by atomic mass is 16.9. The van der Waals surface area contributed by atoms with Gasteiger partial charge < -0.3 is 9.47 Å². The number of allylic oxidation sites excluding steroid dienone is 1. The number of ether oxygens (including phenoxy) is 2. The van der Waals surface area contributed by atoms with Crippen LogP contribution in [0.3, 0.4) is 0 Å². The third-order valence-electron chi connectivity index (χ3n) is 2.74. The van der Waals surface area contributed by atoms with Crippen molar-refractivity contribution in [3.8, 4) is 0 Å². The van der Waals surface area contributed by atoms with Crippen LogP contribution in [0.25, 0.3) is 0 Å². The molecule has 1 saturated heterocycles. The molecule has 0 aromatic carbocycles. The molecule has 3 heteroatoms. The molecule has 92 valence electrons. The summed E-state index contributed by atoms with van der Waals surface area (Å²) >= 11 is 0. The minimum atomic E-state index is -0.581. The van der Waals surface area contributed by atoms with E-state index >= 15 is 0 Å². The van der Waals surface area contributed by atoms with Gasteiger partial charge in [0.15, 0.2) is 0 Å². The van der Waals surface area contributed by atoms with Crippen molar-refractivity contribution in [2.24, 2.45) is 0 Å². The molecule has 1 fully saturated rings. The lowest BCUT2D eigenvalue weighted by Crippen LogP contribution is -2.19. The second-order valence-corrected chi connectivity index (χ2v) is 4.24. The van der Waals surface area contributed by atoms with E-state index in [0.29, 0.717) is 5.95 Å². The number of unbranched alkanes of at least 4 members (excludes halogenated alkanes) is 8. The van der Waals surface area contributed by atoms with Crippen molar-refractivity contribution in [2.75, 3.05) is 0 Å². The minimum absolute atomic E-state index is 0.382. The van der Waals surface area contributed by atoms with Gasteiger partial charge in [-0.15, -0.1) is 0 Å². The molecule has 0 atom stereocenters. The summed E-state index contributed by atoms with van der Waals surface area (Å²) < 4.78 is 9.22. The van der Waals surface area contributed by atoms with E-state index in [0.717, 1.165) is 12.8 Å². The predicted molar refractivity (Wildman–Crippen MR) is 62.9 cm³/mol. The molecule has 1 rings (SSSR count). The molecular weight excluding hydrogens is 204 g/mol. The zero-order chi connectivity index (χ0) is 11.6. The van der Waals surface area contributed by atoms with E-state index in [9.17, 15) is 4.79 Å². The molecule has 0 aromatic heterocycles. The molecule has 0 spiro atoms. The normalized spacial score (nSPS) is 14.1. The zero-order valence-corrected chi connectivity index (χ0v) is 10.2. The molecule has 0 unspecified atom stereocenters. The summed E-state index contributed by atoms with van der Waals surface area (Å²) in [5.41, 5.74) is 0. The molecule has 0 radical (unpaired) electrons. The van der Waals surface area contributed by atoms with Gasteiger partial charge >= 0.3 is 6.16 Å². The molecule has 1 aliphatic rings. The van der Waals surface area contributed by atoms with E-state index < -0.39 is 6.16 Å². The number of carbonyl (C=O) groups excluding carboxylic acids is 1. The maximum Gasteiger partial charge on any atom is 0.524 e. The average molecular weight is 226 g/mol. The molecule has 16 heavy (non-hydrogen) atoms. The number of hydrogen-bond donors (Lipinski definition) is 0. The van der Waals surface area contributed by atoms with Gasteiger partial charge in [0.25, 0.3) is 5.95 Å². The van der Waals surface area contributed by atoms with Gasteiger partial charge in [-0.1, -0.05) is 51.9 Å². The van der Waals surface area contributed by atoms with Crippen LogP contribution >= 0.6 is 0 Å². The van der Waals surface area contributed by atoms with Crippen molar-refractivity contribution < 1.29 is 14.3 Å². The highest BCUT2D eigenvalue weighted by molar-refractivity contribution is 5.67. The van der Waals surface area contributed by atoms with Gasteiger partial charge in [-0.05, 0) is 18.9 Å². The van der Waals surface area contributed by atoms with Gasteiger partial charge in [0, 0.05) is 0 Å². The second-order valence-electron chi connectivity index (χ2n) is 4.24. The molecule has 3 nitrogen and oxygen atoms in total. The van der Waals surface area contributed by atoms with Crippen molar-refractivity contribution in [1.29, 1.82) is 0 Å². The molecule has 0 amide bonds. The van der Waals surface area contributed by atoms with Crippen molar-refractivity contribution in [3.05, 3.63) is 12.0 Å². The molecule has 0 N–H and O–H groups in total. The summed E-state index contributed by atoms with van der Waals surface area (Å²) in [4.78, 5) is 10.3. The highest BCUT2D eigenvalue weighted by Gasteiger charge is 2.22. The van der Waals surface area contributed by atoms with Crippen molar-refractivity contribution in [3.63, 3.8) is 0 Å². The van der Waals surface area contributed by atoms with Gasteiger partial charge in [0.1, 0.15) is 0 Å². The third-order valence-corrected chi connectivity index (χ3v) is 2.74. The Morgan fingerprint density at radius 2 is 1.50 bits per heavy atom. The van der Waals surface area contributed by atoms with E-state index in [1.165, 1.54) is 44.9 Å². The van der Waals surface area contributed by atoms with Crippen LogP contribution < -0.4 is 0 Å². The Kier molecular flexibility index (Phi) is 6.70. The zero-order valence-electron chi connectivity index (χ0n) is 10.2. The molecule has 1 aliphatic heterocycles. The Bertz CT molecular complexity index is 223. The lowest BCUT2D eigenvalue weighted by atomic mass is 10.1. The number of rotatable bonds is 9. The molecular formula is C13H22O3. The summed E-state index contributed by atoms with van der Waals surface area (Å²) in [6, 6.07) is 0. The van der Waals surface area contributed by atoms with Gasteiger partial charge in [0.2, 0.25) is 0 Å². The first-order chi connectivity index (χ1) is 7.83. The molecule has 0 saturated carbocycles. The molecule has 0 aliphatic carbocycles. The molecule has 1 heterocycles. The van der Waals surface area contributed by atoms with E-state index in [1.54, 1.807) is 0 Å². The fourth-order valence-corrected chi connectivity index (χ4v) is 1.75. The van der Waals surface area contributed by atoms with Gasteiger partial charge in [-0.2, -0.15) is 0 Å². The maximum absolute atomic E-state index is 10.3. The predicted octanol–water partition coefficient (Wildman–Crippen LogP) is 4.53. The van der Waals surface area contributed by atoms with E-state index in [1.807, 2.05) is 6.08 Å². The van der Waals surface area contributed by atoms with Crippen LogP contribution in [0, 0.1) is 0 Å². The molecule has 0 aromatic rings. The summed E-state index contributed by atoms with van der Waals surface area (Å²) in [6.45, 7) is 2.24. The monoisotopic (exact) mass is 226 g/mol. The SMILES string of the molecule is CCCCCCCCCCC=C1OC(=O)O1. The first-order valence-corrected chi connectivity index (χ1v) is 6.42. The smallest absolute Gasteiger partial charge is 0.360 e. The highest BCUT2D eigenvalue weighted by Crippen LogP contribution is 2.16. The van der Waals surface area contributed by atoms with Crippen LogP contribution in [0.2, 0.25) is 0 Å². The Morgan fingerprint density at radius 3 is 2.06 bits per heavy atom. The summed E-state index contributed by atoms with van der Waals surface area (Å²) in [7, 11) is 0. The molecule has 0 bridgehead atoms. The first kappa shape index (κ1) is 13.1. The summed E-state index contributed by atoms with van der Waals surface area (Å²) in [5, 5.41) is 0. The Balaban J connectivity index is 1.78. The topological polar surface area (TPSA) is 35.5 Å². The quantitative estimate of drug-likeness (QED) is 0.428. The number of hydrogen-bond acceptors (Lipinski definition) is 3. The van der Waals surface area contributed by atoms with Crippen LogP contribution in [0.15, 0.2) is 12.0 Å². The van der Waals surface area contributed by atoms with E-state index in [4.69, 9.17) is 0 Å². The van der Waals surface area contributed by atoms with Crippen molar-refractivity contribution in [1.82, 2.24) is 0 Å². The van der Waals surface area contributed by atoms with Crippen LogP contribution in [0.1, 0.15) is 64.7 Å². The van der Waals surface area contributed by atoms with Crippen LogP contribution in [-0.4, -0.2) is 6.16 Å². The Hall–Kier alpha value is -0.990. The summed E-state index contributed by atoms with van der Waals surface area (Å²) in [6.07, 6.45) is 12.7. The van der Waals surface area contributed by atoms with E-state index in [2.05, 4.69) is 16.4 Å². The standard InChI is InChI=1S/C13H22O3/c1-2-3-4-5-6-7-8-9-10-11-12-15-13(14)16-12/h11H,2-10H2,1H3. The fraction of sp³-hybridized carbons (Fsp3) is 0.769. The van der Waals surface area contributed by atoms with Crippen LogP contribution in [-0.2, 0) is 9.47 Å². The lowest BCUT2D eigenvalue weighted by molar-refractivity contribution is -0.0267. The lowest BCUT2D eigenvalue weighted by Gasteiger charge is -2.14. The van der Waals surface area contributed by atoms with Gasteiger partial charge in [-0.25, -0.2) is 4.79 Å². The van der Waals surface area contributed by atoms with Gasteiger partial charge in [-0.3, -0.25) is 0 Å². The minimum Gasteiger partial charge on any atom is -0.360 e. The maximum atomic E-state index is 10.3. The number of cyclic esters (lactones) is 2. The van der Waals surface area contributed by atoms with Crippen LogP contribution in [0.4, 0.5) is 4.79 Å². The van der Waals surface area contributed by atoms with E-state index in [-0.39, 0.29) is 0 Å².